The Bertz CT molecular complexity index is 1010. The van der Waals surface area contributed by atoms with E-state index in [0.717, 1.165) is 23.4 Å². The highest BCUT2D eigenvalue weighted by molar-refractivity contribution is 6.03. The highest BCUT2D eigenvalue weighted by Crippen LogP contribution is 2.30. The maximum atomic E-state index is 12.7. The van der Waals surface area contributed by atoms with Crippen molar-refractivity contribution in [2.75, 3.05) is 16.8 Å². The molecular formula is C22H20N2O4. The number of ether oxygens (including phenoxy) is 1. The van der Waals surface area contributed by atoms with Crippen LogP contribution in [0, 0.1) is 0 Å². The number of anilines is 2. The SMILES string of the molecule is CC(=O)N1CCc2cc(NC(=O)c3occc3COc3ccccc3)ccc21. The van der Waals surface area contributed by atoms with Gasteiger partial charge in [-0.05, 0) is 48.4 Å². The number of furan rings is 1. The van der Waals surface area contributed by atoms with E-state index in [0.29, 0.717) is 17.8 Å². The van der Waals surface area contributed by atoms with Crippen molar-refractivity contribution in [1.29, 1.82) is 0 Å². The Morgan fingerprint density at radius 3 is 2.75 bits per heavy atom. The predicted octanol–water partition coefficient (Wildman–Crippen LogP) is 4.02. The minimum Gasteiger partial charge on any atom is -0.489 e. The van der Waals surface area contributed by atoms with Crippen molar-refractivity contribution in [2.45, 2.75) is 20.0 Å². The summed E-state index contributed by atoms with van der Waals surface area (Å²) < 4.78 is 11.1. The van der Waals surface area contributed by atoms with Crippen molar-refractivity contribution in [3.8, 4) is 5.75 Å². The van der Waals surface area contributed by atoms with E-state index < -0.39 is 0 Å². The molecule has 2 amide bonds. The number of carbonyl (C=O) groups excluding carboxylic acids is 2. The van der Waals surface area contributed by atoms with Gasteiger partial charge in [0.15, 0.2) is 5.76 Å². The first-order valence-electron chi connectivity index (χ1n) is 9.08. The minimum atomic E-state index is -0.335. The quantitative estimate of drug-likeness (QED) is 0.730. The first-order chi connectivity index (χ1) is 13.6. The molecule has 2 heterocycles. The van der Waals surface area contributed by atoms with E-state index in [-0.39, 0.29) is 24.2 Å². The summed E-state index contributed by atoms with van der Waals surface area (Å²) in [6.45, 7) is 2.46. The first kappa shape index (κ1) is 17.9. The Morgan fingerprint density at radius 1 is 1.14 bits per heavy atom. The molecule has 0 fully saturated rings. The van der Waals surface area contributed by atoms with Crippen LogP contribution in [0.15, 0.2) is 65.3 Å². The van der Waals surface area contributed by atoms with Crippen LogP contribution in [-0.4, -0.2) is 18.4 Å². The summed E-state index contributed by atoms with van der Waals surface area (Å²) in [4.78, 5) is 26.1. The molecule has 4 rings (SSSR count). The summed E-state index contributed by atoms with van der Waals surface area (Å²) in [5, 5.41) is 2.86. The van der Waals surface area contributed by atoms with Gasteiger partial charge >= 0.3 is 0 Å². The lowest BCUT2D eigenvalue weighted by atomic mass is 10.1. The molecule has 6 nitrogen and oxygen atoms in total. The standard InChI is InChI=1S/C22H20N2O4/c1-15(25)24-11-9-16-13-18(7-8-20(16)24)23-22(26)21-17(10-12-27-21)14-28-19-5-3-2-4-6-19/h2-8,10,12-13H,9,11,14H2,1H3,(H,23,26). The molecule has 0 radical (unpaired) electrons. The summed E-state index contributed by atoms with van der Waals surface area (Å²) in [6, 6.07) is 16.7. The normalized spacial score (nSPS) is 12.5. The van der Waals surface area contributed by atoms with Gasteiger partial charge in [0.25, 0.3) is 5.91 Å². The van der Waals surface area contributed by atoms with Gasteiger partial charge in [-0.3, -0.25) is 9.59 Å². The highest BCUT2D eigenvalue weighted by Gasteiger charge is 2.23. The van der Waals surface area contributed by atoms with Gasteiger partial charge < -0.3 is 19.4 Å². The fourth-order valence-corrected chi connectivity index (χ4v) is 3.32. The number of rotatable bonds is 5. The molecule has 0 spiro atoms. The fraction of sp³-hybridized carbons (Fsp3) is 0.182. The van der Waals surface area contributed by atoms with E-state index in [4.69, 9.17) is 9.15 Å². The zero-order chi connectivity index (χ0) is 19.5. The Morgan fingerprint density at radius 2 is 1.96 bits per heavy atom. The topological polar surface area (TPSA) is 71.8 Å². The molecule has 0 aliphatic carbocycles. The van der Waals surface area contributed by atoms with E-state index >= 15 is 0 Å². The number of para-hydroxylation sites is 1. The second-order valence-corrected chi connectivity index (χ2v) is 6.59. The van der Waals surface area contributed by atoms with Gasteiger partial charge in [-0.1, -0.05) is 18.2 Å². The predicted molar refractivity (Wildman–Crippen MR) is 106 cm³/mol. The molecule has 1 aliphatic heterocycles. The van der Waals surface area contributed by atoms with Crippen LogP contribution in [0.1, 0.15) is 28.6 Å². The Kier molecular flexibility index (Phi) is 4.85. The maximum Gasteiger partial charge on any atom is 0.291 e. The lowest BCUT2D eigenvalue weighted by Gasteiger charge is -2.15. The summed E-state index contributed by atoms with van der Waals surface area (Å²) in [5.74, 6) is 0.637. The molecule has 2 aromatic carbocycles. The van der Waals surface area contributed by atoms with Gasteiger partial charge in [-0.15, -0.1) is 0 Å². The number of carbonyl (C=O) groups is 2. The van der Waals surface area contributed by atoms with Crippen LogP contribution in [0.3, 0.4) is 0 Å². The van der Waals surface area contributed by atoms with E-state index in [9.17, 15) is 9.59 Å². The number of amides is 2. The molecule has 0 bridgehead atoms. The van der Waals surface area contributed by atoms with Crippen LogP contribution in [0.4, 0.5) is 11.4 Å². The second-order valence-electron chi connectivity index (χ2n) is 6.59. The van der Waals surface area contributed by atoms with Gasteiger partial charge in [0, 0.05) is 30.4 Å². The molecule has 6 heteroatoms. The summed E-state index contributed by atoms with van der Waals surface area (Å²) >= 11 is 0. The zero-order valence-electron chi connectivity index (χ0n) is 15.5. The third kappa shape index (κ3) is 3.62. The fourth-order valence-electron chi connectivity index (χ4n) is 3.32. The molecule has 142 valence electrons. The molecule has 1 aromatic heterocycles. The second kappa shape index (κ2) is 7.60. The first-order valence-corrected chi connectivity index (χ1v) is 9.08. The average Bonchev–Trinajstić information content (AvgIpc) is 3.33. The van der Waals surface area contributed by atoms with E-state index in [2.05, 4.69) is 5.32 Å². The van der Waals surface area contributed by atoms with E-state index in [1.807, 2.05) is 42.5 Å². The lowest BCUT2D eigenvalue weighted by Crippen LogP contribution is -2.25. The monoisotopic (exact) mass is 376 g/mol. The van der Waals surface area contributed by atoms with Crippen LogP contribution in [0.2, 0.25) is 0 Å². The smallest absolute Gasteiger partial charge is 0.291 e. The summed E-state index contributed by atoms with van der Waals surface area (Å²) in [5.41, 5.74) is 3.28. The number of fused-ring (bicyclic) bond motifs is 1. The van der Waals surface area contributed by atoms with Crippen LogP contribution in [0.5, 0.6) is 5.75 Å². The van der Waals surface area contributed by atoms with Gasteiger partial charge in [0.05, 0.1) is 6.26 Å². The zero-order valence-corrected chi connectivity index (χ0v) is 15.5. The molecule has 0 unspecified atom stereocenters. The van der Waals surface area contributed by atoms with Crippen molar-refractivity contribution in [3.63, 3.8) is 0 Å². The summed E-state index contributed by atoms with van der Waals surface area (Å²) in [6.07, 6.45) is 2.25. The van der Waals surface area contributed by atoms with Crippen molar-refractivity contribution in [3.05, 3.63) is 77.7 Å². The van der Waals surface area contributed by atoms with Gasteiger partial charge in [-0.25, -0.2) is 0 Å². The largest absolute Gasteiger partial charge is 0.489 e. The Labute approximate surface area is 162 Å². The number of hydrogen-bond acceptors (Lipinski definition) is 4. The van der Waals surface area contributed by atoms with Crippen LogP contribution >= 0.6 is 0 Å². The highest BCUT2D eigenvalue weighted by atomic mass is 16.5. The molecule has 0 saturated heterocycles. The third-order valence-electron chi connectivity index (χ3n) is 4.70. The van der Waals surface area contributed by atoms with E-state index in [1.54, 1.807) is 24.0 Å². The third-order valence-corrected chi connectivity index (χ3v) is 4.70. The molecular weight excluding hydrogens is 356 g/mol. The van der Waals surface area contributed by atoms with Crippen molar-refractivity contribution in [2.24, 2.45) is 0 Å². The molecule has 28 heavy (non-hydrogen) atoms. The van der Waals surface area contributed by atoms with Crippen molar-refractivity contribution >= 4 is 23.2 Å². The maximum absolute atomic E-state index is 12.7. The average molecular weight is 376 g/mol. The van der Waals surface area contributed by atoms with Crippen molar-refractivity contribution < 1.29 is 18.7 Å². The number of hydrogen-bond donors (Lipinski definition) is 1. The Balaban J connectivity index is 1.45. The van der Waals surface area contributed by atoms with E-state index in [1.165, 1.54) is 6.26 Å². The molecule has 0 saturated carbocycles. The molecule has 0 atom stereocenters. The Hall–Kier alpha value is -3.54. The molecule has 1 N–H and O–H groups in total. The van der Waals surface area contributed by atoms with Crippen LogP contribution in [0.25, 0.3) is 0 Å². The van der Waals surface area contributed by atoms with Gasteiger partial charge in [0.1, 0.15) is 12.4 Å². The van der Waals surface area contributed by atoms with Gasteiger partial charge in [-0.2, -0.15) is 0 Å². The molecule has 3 aromatic rings. The molecule has 1 aliphatic rings. The van der Waals surface area contributed by atoms with Crippen LogP contribution < -0.4 is 15.0 Å². The number of nitrogens with one attached hydrogen (secondary N) is 1. The van der Waals surface area contributed by atoms with Gasteiger partial charge in [0.2, 0.25) is 5.91 Å². The summed E-state index contributed by atoms with van der Waals surface area (Å²) in [7, 11) is 0. The minimum absolute atomic E-state index is 0.0224. The van der Waals surface area contributed by atoms with Crippen LogP contribution in [-0.2, 0) is 17.8 Å². The number of benzene rings is 2. The lowest BCUT2D eigenvalue weighted by molar-refractivity contribution is -0.116. The number of nitrogens with zero attached hydrogens (tertiary/aromatic N) is 1. The van der Waals surface area contributed by atoms with Crippen molar-refractivity contribution in [1.82, 2.24) is 0 Å².